The van der Waals surface area contributed by atoms with E-state index in [1.807, 2.05) is 18.2 Å². The molecule has 0 fully saturated rings. The van der Waals surface area contributed by atoms with E-state index in [1.54, 1.807) is 6.92 Å². The maximum atomic E-state index is 11.5. The molecule has 1 aromatic carbocycles. The van der Waals surface area contributed by atoms with Crippen LogP contribution in [0.25, 0.3) is 0 Å². The molecule has 1 aromatic rings. The highest BCUT2D eigenvalue weighted by atomic mass is 32.2. The number of benzene rings is 1. The van der Waals surface area contributed by atoms with E-state index < -0.39 is 9.84 Å². The molecule has 0 saturated heterocycles. The van der Waals surface area contributed by atoms with Crippen LogP contribution in [-0.2, 0) is 16.3 Å². The number of aryl methyl sites for hydroxylation is 1. The van der Waals surface area contributed by atoms with Gasteiger partial charge in [0.2, 0.25) is 0 Å². The number of fused-ring (bicyclic) bond motifs is 1. The largest absolute Gasteiger partial charge is 0.381 e. The molecule has 0 aromatic heterocycles. The molecule has 1 aliphatic heterocycles. The van der Waals surface area contributed by atoms with Crippen LogP contribution >= 0.6 is 0 Å². The molecule has 0 aliphatic carbocycles. The molecule has 0 radical (unpaired) electrons. The quantitative estimate of drug-likeness (QED) is 0.875. The molecule has 1 N–H and O–H groups in total. The lowest BCUT2D eigenvalue weighted by Crippen LogP contribution is -2.33. The van der Waals surface area contributed by atoms with Crippen LogP contribution in [-0.4, -0.2) is 26.0 Å². The zero-order chi connectivity index (χ0) is 11.6. The Balaban J connectivity index is 2.09. The van der Waals surface area contributed by atoms with Gasteiger partial charge in [-0.1, -0.05) is 25.1 Å². The molecule has 2 rings (SSSR count). The molecular weight excluding hydrogens is 222 g/mol. The second-order valence-electron chi connectivity index (χ2n) is 4.24. The van der Waals surface area contributed by atoms with E-state index in [0.29, 0.717) is 0 Å². The number of rotatable bonds is 3. The predicted octanol–water partition coefficient (Wildman–Crippen LogP) is 1.85. The van der Waals surface area contributed by atoms with Gasteiger partial charge in [0, 0.05) is 17.5 Å². The van der Waals surface area contributed by atoms with Gasteiger partial charge in [-0.2, -0.15) is 0 Å². The predicted molar refractivity (Wildman–Crippen MR) is 66.5 cm³/mol. The van der Waals surface area contributed by atoms with Crippen molar-refractivity contribution in [3.8, 4) is 0 Å². The first kappa shape index (κ1) is 11.5. The van der Waals surface area contributed by atoms with E-state index in [2.05, 4.69) is 11.4 Å². The van der Waals surface area contributed by atoms with Gasteiger partial charge in [0.05, 0.1) is 5.75 Å². The van der Waals surface area contributed by atoms with Crippen molar-refractivity contribution in [3.63, 3.8) is 0 Å². The molecule has 3 nitrogen and oxygen atoms in total. The lowest BCUT2D eigenvalue weighted by molar-refractivity contribution is 0.583. The van der Waals surface area contributed by atoms with Crippen molar-refractivity contribution in [3.05, 3.63) is 29.8 Å². The third kappa shape index (κ3) is 2.55. The molecule has 0 amide bonds. The lowest BCUT2D eigenvalue weighted by atomic mass is 9.99. The SMILES string of the molecule is CCS(=O)(=O)CC1CCc2ccccc2N1. The van der Waals surface area contributed by atoms with Crippen molar-refractivity contribution in [2.75, 3.05) is 16.8 Å². The summed E-state index contributed by atoms with van der Waals surface area (Å²) in [6.07, 6.45) is 1.86. The van der Waals surface area contributed by atoms with Crippen LogP contribution in [0.15, 0.2) is 24.3 Å². The van der Waals surface area contributed by atoms with E-state index in [9.17, 15) is 8.42 Å². The number of anilines is 1. The monoisotopic (exact) mass is 239 g/mol. The standard InChI is InChI=1S/C12H17NO2S/c1-2-16(14,15)9-11-8-7-10-5-3-4-6-12(10)13-11/h3-6,11,13H,2,7-9H2,1H3. The van der Waals surface area contributed by atoms with Gasteiger partial charge in [-0.05, 0) is 24.5 Å². The minimum atomic E-state index is -2.88. The van der Waals surface area contributed by atoms with Gasteiger partial charge in [0.15, 0.2) is 9.84 Å². The van der Waals surface area contributed by atoms with Crippen molar-refractivity contribution >= 4 is 15.5 Å². The first-order chi connectivity index (χ1) is 7.61. The van der Waals surface area contributed by atoms with Crippen molar-refractivity contribution in [2.45, 2.75) is 25.8 Å². The third-order valence-corrected chi connectivity index (χ3v) is 4.82. The fraction of sp³-hybridized carbons (Fsp3) is 0.500. The molecular formula is C12H17NO2S. The average Bonchev–Trinajstić information content (AvgIpc) is 2.28. The van der Waals surface area contributed by atoms with Crippen LogP contribution in [0.1, 0.15) is 18.9 Å². The summed E-state index contributed by atoms with van der Waals surface area (Å²) >= 11 is 0. The average molecular weight is 239 g/mol. The number of hydrogen-bond acceptors (Lipinski definition) is 3. The Labute approximate surface area is 96.8 Å². The van der Waals surface area contributed by atoms with Crippen LogP contribution in [0, 0.1) is 0 Å². The van der Waals surface area contributed by atoms with Crippen molar-refractivity contribution < 1.29 is 8.42 Å². The van der Waals surface area contributed by atoms with Gasteiger partial charge in [0.1, 0.15) is 0 Å². The Morgan fingerprint density at radius 1 is 1.38 bits per heavy atom. The van der Waals surface area contributed by atoms with Gasteiger partial charge in [0.25, 0.3) is 0 Å². The van der Waals surface area contributed by atoms with Gasteiger partial charge in [-0.3, -0.25) is 0 Å². The zero-order valence-corrected chi connectivity index (χ0v) is 10.3. The summed E-state index contributed by atoms with van der Waals surface area (Å²) in [5.41, 5.74) is 2.37. The summed E-state index contributed by atoms with van der Waals surface area (Å²) in [5, 5.41) is 3.31. The molecule has 16 heavy (non-hydrogen) atoms. The Kier molecular flexibility index (Phi) is 3.19. The van der Waals surface area contributed by atoms with Crippen molar-refractivity contribution in [1.29, 1.82) is 0 Å². The van der Waals surface area contributed by atoms with E-state index in [-0.39, 0.29) is 17.5 Å². The fourth-order valence-corrected chi connectivity index (χ4v) is 3.15. The molecule has 0 bridgehead atoms. The van der Waals surface area contributed by atoms with Gasteiger partial charge < -0.3 is 5.32 Å². The zero-order valence-electron chi connectivity index (χ0n) is 9.44. The molecule has 1 unspecified atom stereocenters. The van der Waals surface area contributed by atoms with Crippen LogP contribution in [0.5, 0.6) is 0 Å². The normalized spacial score (nSPS) is 19.9. The minimum Gasteiger partial charge on any atom is -0.381 e. The van der Waals surface area contributed by atoms with E-state index in [1.165, 1.54) is 5.56 Å². The van der Waals surface area contributed by atoms with E-state index in [0.717, 1.165) is 18.5 Å². The number of nitrogens with one attached hydrogen (secondary N) is 1. The van der Waals surface area contributed by atoms with Gasteiger partial charge in [-0.15, -0.1) is 0 Å². The molecule has 0 spiro atoms. The Bertz CT molecular complexity index is 468. The fourth-order valence-electron chi connectivity index (χ4n) is 2.05. The molecule has 4 heteroatoms. The van der Waals surface area contributed by atoms with Crippen LogP contribution in [0.3, 0.4) is 0 Å². The van der Waals surface area contributed by atoms with Gasteiger partial charge in [-0.25, -0.2) is 8.42 Å². The van der Waals surface area contributed by atoms with Crippen molar-refractivity contribution in [1.82, 2.24) is 0 Å². The molecule has 1 heterocycles. The van der Waals surface area contributed by atoms with Crippen molar-refractivity contribution in [2.24, 2.45) is 0 Å². The summed E-state index contributed by atoms with van der Waals surface area (Å²) in [5.74, 6) is 0.477. The number of hydrogen-bond donors (Lipinski definition) is 1. The summed E-state index contributed by atoms with van der Waals surface area (Å²) in [7, 11) is -2.88. The second-order valence-corrected chi connectivity index (χ2v) is 6.63. The van der Waals surface area contributed by atoms with E-state index >= 15 is 0 Å². The highest BCUT2D eigenvalue weighted by Crippen LogP contribution is 2.24. The van der Waals surface area contributed by atoms with Gasteiger partial charge >= 0.3 is 0 Å². The summed E-state index contributed by atoms with van der Waals surface area (Å²) in [4.78, 5) is 0. The highest BCUT2D eigenvalue weighted by molar-refractivity contribution is 7.91. The smallest absolute Gasteiger partial charge is 0.152 e. The lowest BCUT2D eigenvalue weighted by Gasteiger charge is -2.26. The molecule has 1 atom stereocenters. The Hall–Kier alpha value is -1.03. The van der Waals surface area contributed by atoms with Crippen LogP contribution < -0.4 is 5.32 Å². The molecule has 1 aliphatic rings. The second kappa shape index (κ2) is 4.45. The Morgan fingerprint density at radius 2 is 2.12 bits per heavy atom. The number of para-hydroxylation sites is 1. The van der Waals surface area contributed by atoms with E-state index in [4.69, 9.17) is 0 Å². The summed E-state index contributed by atoms with van der Waals surface area (Å²) in [6, 6.07) is 8.17. The molecule has 88 valence electrons. The maximum Gasteiger partial charge on any atom is 0.152 e. The first-order valence-electron chi connectivity index (χ1n) is 5.65. The summed E-state index contributed by atoms with van der Waals surface area (Å²) < 4.78 is 23.1. The number of sulfone groups is 1. The Morgan fingerprint density at radius 3 is 2.88 bits per heavy atom. The van der Waals surface area contributed by atoms with Crippen LogP contribution in [0.2, 0.25) is 0 Å². The summed E-state index contributed by atoms with van der Waals surface area (Å²) in [6.45, 7) is 1.70. The maximum absolute atomic E-state index is 11.5. The minimum absolute atomic E-state index is 0.0693. The topological polar surface area (TPSA) is 46.2 Å². The van der Waals surface area contributed by atoms with Crippen LogP contribution in [0.4, 0.5) is 5.69 Å². The molecule has 0 saturated carbocycles. The first-order valence-corrected chi connectivity index (χ1v) is 7.48. The highest BCUT2D eigenvalue weighted by Gasteiger charge is 2.21. The third-order valence-electron chi connectivity index (χ3n) is 3.03.